The highest BCUT2D eigenvalue weighted by atomic mass is 16.5. The van der Waals surface area contributed by atoms with E-state index in [1.165, 1.54) is 0 Å². The number of ether oxygens (including phenoxy) is 2. The van der Waals surface area contributed by atoms with Gasteiger partial charge < -0.3 is 19.6 Å². The van der Waals surface area contributed by atoms with Gasteiger partial charge in [-0.25, -0.2) is 4.79 Å². The highest BCUT2D eigenvalue weighted by Gasteiger charge is 2.14. The molecular weight excluding hydrogens is 338 g/mol. The topological polar surface area (TPSA) is 109 Å². The number of primary amides is 1. The Morgan fingerprint density at radius 1 is 1.04 bits per heavy atom. The number of carbonyl (C=O) groups is 2. The molecule has 2 N–H and O–H groups in total. The van der Waals surface area contributed by atoms with Gasteiger partial charge in [-0.2, -0.15) is 0 Å². The fourth-order valence-electron chi connectivity index (χ4n) is 2.30. The zero-order valence-electron chi connectivity index (χ0n) is 13.6. The molecule has 0 bridgehead atoms. The van der Waals surface area contributed by atoms with Crippen LogP contribution in [-0.4, -0.2) is 18.5 Å². The molecule has 0 aliphatic carbocycles. The highest BCUT2D eigenvalue weighted by Crippen LogP contribution is 2.16. The number of rotatable bonds is 6. The van der Waals surface area contributed by atoms with Gasteiger partial charge in [-0.1, -0.05) is 24.3 Å². The van der Waals surface area contributed by atoms with Crippen molar-refractivity contribution in [1.82, 2.24) is 0 Å². The predicted octanol–water partition coefficient (Wildman–Crippen LogP) is 2.01. The first-order valence-corrected chi connectivity index (χ1v) is 7.73. The number of hydrogen-bond acceptors (Lipinski definition) is 6. The van der Waals surface area contributed by atoms with Crippen molar-refractivity contribution in [1.29, 1.82) is 0 Å². The molecule has 0 saturated carbocycles. The third-order valence-corrected chi connectivity index (χ3v) is 3.49. The molecule has 3 aromatic rings. The largest absolute Gasteiger partial charge is 0.484 e. The lowest BCUT2D eigenvalue weighted by atomic mass is 10.2. The van der Waals surface area contributed by atoms with Crippen LogP contribution in [0.15, 0.2) is 63.8 Å². The van der Waals surface area contributed by atoms with Gasteiger partial charge in [0.1, 0.15) is 17.9 Å². The second kappa shape index (κ2) is 7.52. The maximum Gasteiger partial charge on any atom is 0.374 e. The van der Waals surface area contributed by atoms with E-state index in [-0.39, 0.29) is 24.4 Å². The van der Waals surface area contributed by atoms with Crippen molar-refractivity contribution < 1.29 is 23.5 Å². The molecule has 26 heavy (non-hydrogen) atoms. The Morgan fingerprint density at radius 3 is 2.65 bits per heavy atom. The molecule has 0 spiro atoms. The Balaban J connectivity index is 1.70. The quantitative estimate of drug-likeness (QED) is 0.679. The number of hydrogen-bond donors (Lipinski definition) is 1. The fourth-order valence-corrected chi connectivity index (χ4v) is 2.30. The number of nitrogens with two attached hydrogens (primary N) is 1. The standard InChI is InChI=1S/C19H15NO6/c20-18(22)11-24-13-5-3-4-12(8-13)10-25-19(23)17-9-15(21)14-6-1-2-7-16(14)26-17/h1-9H,10-11H2,(H2,20,22). The molecule has 7 heteroatoms. The van der Waals surface area contributed by atoms with Gasteiger partial charge in [0.15, 0.2) is 12.0 Å². The fraction of sp³-hybridized carbons (Fsp3) is 0.105. The van der Waals surface area contributed by atoms with Crippen LogP contribution in [-0.2, 0) is 16.1 Å². The first kappa shape index (κ1) is 17.2. The number of para-hydroxylation sites is 1. The summed E-state index contributed by atoms with van der Waals surface area (Å²) in [7, 11) is 0. The Kier molecular flexibility index (Phi) is 4.98. The lowest BCUT2D eigenvalue weighted by Gasteiger charge is -2.08. The Labute approximate surface area is 147 Å². The first-order valence-electron chi connectivity index (χ1n) is 7.73. The predicted molar refractivity (Wildman–Crippen MR) is 92.7 cm³/mol. The van der Waals surface area contributed by atoms with E-state index in [4.69, 9.17) is 19.6 Å². The summed E-state index contributed by atoms with van der Waals surface area (Å²) in [4.78, 5) is 34.9. The number of benzene rings is 2. The van der Waals surface area contributed by atoms with Gasteiger partial charge in [0.05, 0.1) is 5.39 Å². The van der Waals surface area contributed by atoms with Crippen LogP contribution in [0, 0.1) is 0 Å². The van der Waals surface area contributed by atoms with Crippen LogP contribution in [0.4, 0.5) is 0 Å². The zero-order valence-corrected chi connectivity index (χ0v) is 13.6. The van der Waals surface area contributed by atoms with Crippen molar-refractivity contribution in [2.45, 2.75) is 6.61 Å². The SMILES string of the molecule is NC(=O)COc1cccc(COC(=O)c2cc(=O)c3ccccc3o2)c1. The molecule has 0 aliphatic heterocycles. The molecule has 3 rings (SSSR count). The number of fused-ring (bicyclic) bond motifs is 1. The molecule has 7 nitrogen and oxygen atoms in total. The Hall–Kier alpha value is -3.61. The molecule has 0 fully saturated rings. The number of carbonyl (C=O) groups excluding carboxylic acids is 2. The van der Waals surface area contributed by atoms with Crippen LogP contribution in [0.1, 0.15) is 16.1 Å². The summed E-state index contributed by atoms with van der Waals surface area (Å²) in [5, 5.41) is 0.392. The lowest BCUT2D eigenvalue weighted by Crippen LogP contribution is -2.20. The second-order valence-corrected chi connectivity index (χ2v) is 5.45. The van der Waals surface area contributed by atoms with E-state index in [1.807, 2.05) is 0 Å². The van der Waals surface area contributed by atoms with Gasteiger partial charge in [0, 0.05) is 6.07 Å². The second-order valence-electron chi connectivity index (χ2n) is 5.45. The smallest absolute Gasteiger partial charge is 0.374 e. The van der Waals surface area contributed by atoms with Gasteiger partial charge in [0.25, 0.3) is 5.91 Å². The van der Waals surface area contributed by atoms with Crippen molar-refractivity contribution in [2.24, 2.45) is 5.73 Å². The molecule has 132 valence electrons. The summed E-state index contributed by atoms with van der Waals surface area (Å²) in [5.74, 6) is -1.09. The van der Waals surface area contributed by atoms with Crippen LogP contribution in [0.25, 0.3) is 11.0 Å². The summed E-state index contributed by atoms with van der Waals surface area (Å²) >= 11 is 0. The maximum absolute atomic E-state index is 12.2. The summed E-state index contributed by atoms with van der Waals surface area (Å²) in [6, 6.07) is 14.4. The van der Waals surface area contributed by atoms with Gasteiger partial charge in [0.2, 0.25) is 5.76 Å². The van der Waals surface area contributed by atoms with Crippen molar-refractivity contribution in [3.8, 4) is 5.75 Å². The monoisotopic (exact) mass is 353 g/mol. The van der Waals surface area contributed by atoms with Crippen molar-refractivity contribution in [2.75, 3.05) is 6.61 Å². The highest BCUT2D eigenvalue weighted by molar-refractivity contribution is 5.88. The van der Waals surface area contributed by atoms with Gasteiger partial charge in [-0.15, -0.1) is 0 Å². The molecule has 0 unspecified atom stereocenters. The van der Waals surface area contributed by atoms with Crippen LogP contribution < -0.4 is 15.9 Å². The minimum atomic E-state index is -0.753. The van der Waals surface area contributed by atoms with Gasteiger partial charge in [-0.3, -0.25) is 9.59 Å². The summed E-state index contributed by atoms with van der Waals surface area (Å²) in [5.41, 5.74) is 5.66. The maximum atomic E-state index is 12.2. The van der Waals surface area contributed by atoms with Crippen molar-refractivity contribution >= 4 is 22.8 Å². The number of amides is 1. The van der Waals surface area contributed by atoms with Crippen LogP contribution in [0.5, 0.6) is 5.75 Å². The van der Waals surface area contributed by atoms with Gasteiger partial charge >= 0.3 is 5.97 Å². The number of esters is 1. The third kappa shape index (κ3) is 4.07. The summed E-state index contributed by atoms with van der Waals surface area (Å²) in [6.07, 6.45) is 0. The average Bonchev–Trinajstić information content (AvgIpc) is 2.65. The molecule has 1 heterocycles. The van der Waals surface area contributed by atoms with E-state index >= 15 is 0 Å². The molecular formula is C19H15NO6. The minimum Gasteiger partial charge on any atom is -0.484 e. The molecule has 0 saturated heterocycles. The van der Waals surface area contributed by atoms with E-state index in [0.29, 0.717) is 22.3 Å². The first-order chi connectivity index (χ1) is 12.5. The Bertz CT molecular complexity index is 1020. The van der Waals surface area contributed by atoms with E-state index in [1.54, 1.807) is 48.5 Å². The van der Waals surface area contributed by atoms with Crippen molar-refractivity contribution in [3.05, 3.63) is 76.1 Å². The summed E-state index contributed by atoms with van der Waals surface area (Å²) < 4.78 is 15.8. The molecule has 1 amide bonds. The average molecular weight is 353 g/mol. The van der Waals surface area contributed by atoms with E-state index < -0.39 is 11.9 Å². The van der Waals surface area contributed by atoms with Crippen LogP contribution in [0.3, 0.4) is 0 Å². The van der Waals surface area contributed by atoms with Crippen molar-refractivity contribution in [3.63, 3.8) is 0 Å². The van der Waals surface area contributed by atoms with Crippen LogP contribution in [0.2, 0.25) is 0 Å². The minimum absolute atomic E-state index is 0.0524. The van der Waals surface area contributed by atoms with Gasteiger partial charge in [-0.05, 0) is 29.8 Å². The van der Waals surface area contributed by atoms with E-state index in [0.717, 1.165) is 6.07 Å². The molecule has 0 radical (unpaired) electrons. The van der Waals surface area contributed by atoms with E-state index in [9.17, 15) is 14.4 Å². The molecule has 2 aromatic carbocycles. The molecule has 0 aliphatic rings. The van der Waals surface area contributed by atoms with E-state index in [2.05, 4.69) is 0 Å². The third-order valence-electron chi connectivity index (χ3n) is 3.49. The summed E-state index contributed by atoms with van der Waals surface area (Å²) in [6.45, 7) is -0.297. The zero-order chi connectivity index (χ0) is 18.5. The molecule has 0 atom stereocenters. The van der Waals surface area contributed by atoms with Crippen LogP contribution >= 0.6 is 0 Å². The lowest BCUT2D eigenvalue weighted by molar-refractivity contribution is -0.119. The molecule has 1 aromatic heterocycles. The Morgan fingerprint density at radius 2 is 1.85 bits per heavy atom. The normalized spacial score (nSPS) is 10.5.